The molecule has 1 aromatic carbocycles. The fourth-order valence-electron chi connectivity index (χ4n) is 2.90. The Morgan fingerprint density at radius 1 is 1.33 bits per heavy atom. The van der Waals surface area contributed by atoms with Crippen LogP contribution in [0.4, 0.5) is 0 Å². The zero-order valence-corrected chi connectivity index (χ0v) is 16.2. The molecule has 1 aromatic rings. The number of carbonyl (C=O) groups excluding carboxylic acids is 1. The predicted octanol–water partition coefficient (Wildman–Crippen LogP) is 2.65. The highest BCUT2D eigenvalue weighted by Crippen LogP contribution is 2.20. The fourth-order valence-corrected chi connectivity index (χ4v) is 4.88. The van der Waals surface area contributed by atoms with E-state index in [-0.39, 0.29) is 17.7 Å². The molecule has 134 valence electrons. The Bertz CT molecular complexity index is 681. The van der Waals surface area contributed by atoms with Gasteiger partial charge in [-0.1, -0.05) is 13.0 Å². The Kier molecular flexibility index (Phi) is 6.71. The number of amides is 1. The molecule has 0 atom stereocenters. The molecule has 1 amide bonds. The largest absolute Gasteiger partial charge is 0.349 e. The standard InChI is InChI=1S/C17H26N2O3S2/c1-4-11-24(21,22)19-9-7-14(8-10-19)18-17(20)16-12-15(23-3)6-5-13(16)2/h5-6,12,14H,4,7-11H2,1-3H3,(H,18,20). The quantitative estimate of drug-likeness (QED) is 0.782. The van der Waals surface area contributed by atoms with Crippen molar-refractivity contribution in [1.82, 2.24) is 9.62 Å². The van der Waals surface area contributed by atoms with Crippen molar-refractivity contribution in [2.24, 2.45) is 0 Å². The smallest absolute Gasteiger partial charge is 0.251 e. The molecule has 0 aromatic heterocycles. The first-order valence-corrected chi connectivity index (χ1v) is 11.1. The highest BCUT2D eigenvalue weighted by molar-refractivity contribution is 7.98. The van der Waals surface area contributed by atoms with E-state index in [1.807, 2.05) is 38.3 Å². The highest BCUT2D eigenvalue weighted by Gasteiger charge is 2.28. The fraction of sp³-hybridized carbons (Fsp3) is 0.588. The molecule has 2 rings (SSSR count). The summed E-state index contributed by atoms with van der Waals surface area (Å²) in [5, 5.41) is 3.06. The maximum Gasteiger partial charge on any atom is 0.251 e. The van der Waals surface area contributed by atoms with Gasteiger partial charge in [0, 0.05) is 29.6 Å². The number of nitrogens with zero attached hydrogens (tertiary/aromatic N) is 1. The molecule has 0 aliphatic carbocycles. The van der Waals surface area contributed by atoms with Gasteiger partial charge in [0.05, 0.1) is 5.75 Å². The van der Waals surface area contributed by atoms with E-state index < -0.39 is 10.0 Å². The van der Waals surface area contributed by atoms with Gasteiger partial charge >= 0.3 is 0 Å². The summed E-state index contributed by atoms with van der Waals surface area (Å²) >= 11 is 1.61. The van der Waals surface area contributed by atoms with E-state index in [0.29, 0.717) is 37.9 Å². The maximum atomic E-state index is 12.5. The lowest BCUT2D eigenvalue weighted by Gasteiger charge is -2.31. The van der Waals surface area contributed by atoms with Gasteiger partial charge < -0.3 is 5.32 Å². The molecule has 1 aliphatic rings. The number of rotatable bonds is 6. The second kappa shape index (κ2) is 8.36. The molecule has 0 spiro atoms. The number of carbonyl (C=O) groups is 1. The summed E-state index contributed by atoms with van der Waals surface area (Å²) in [6.07, 6.45) is 3.94. The molecule has 0 saturated carbocycles. The molecular weight excluding hydrogens is 344 g/mol. The van der Waals surface area contributed by atoms with Crippen LogP contribution in [0.2, 0.25) is 0 Å². The number of hydrogen-bond acceptors (Lipinski definition) is 4. The van der Waals surface area contributed by atoms with E-state index in [9.17, 15) is 13.2 Å². The number of nitrogens with one attached hydrogen (secondary N) is 1. The van der Waals surface area contributed by atoms with Crippen LogP contribution in [0, 0.1) is 6.92 Å². The van der Waals surface area contributed by atoms with Gasteiger partial charge in [0.2, 0.25) is 10.0 Å². The monoisotopic (exact) mass is 370 g/mol. The van der Waals surface area contributed by atoms with Crippen molar-refractivity contribution >= 4 is 27.7 Å². The molecule has 1 heterocycles. The van der Waals surface area contributed by atoms with Gasteiger partial charge in [0.25, 0.3) is 5.91 Å². The topological polar surface area (TPSA) is 66.5 Å². The normalized spacial score (nSPS) is 17.0. The summed E-state index contributed by atoms with van der Waals surface area (Å²) in [4.78, 5) is 13.6. The van der Waals surface area contributed by atoms with E-state index in [2.05, 4.69) is 5.32 Å². The van der Waals surface area contributed by atoms with Gasteiger partial charge in [-0.2, -0.15) is 0 Å². The maximum absolute atomic E-state index is 12.5. The van der Waals surface area contributed by atoms with Crippen LogP contribution in [0.5, 0.6) is 0 Å². The molecule has 1 fully saturated rings. The molecule has 1 N–H and O–H groups in total. The number of thioether (sulfide) groups is 1. The molecule has 24 heavy (non-hydrogen) atoms. The van der Waals surface area contributed by atoms with Gasteiger partial charge in [0.15, 0.2) is 0 Å². The lowest BCUT2D eigenvalue weighted by molar-refractivity contribution is 0.0923. The van der Waals surface area contributed by atoms with Gasteiger partial charge in [-0.05, 0) is 50.1 Å². The van der Waals surface area contributed by atoms with Gasteiger partial charge in [-0.15, -0.1) is 11.8 Å². The van der Waals surface area contributed by atoms with Crippen molar-refractivity contribution in [3.05, 3.63) is 29.3 Å². The van der Waals surface area contributed by atoms with Gasteiger partial charge in [-0.3, -0.25) is 4.79 Å². The molecule has 0 bridgehead atoms. The Labute approximate surface area is 149 Å². The molecule has 0 unspecified atom stereocenters. The molecule has 1 aliphatic heterocycles. The van der Waals surface area contributed by atoms with E-state index in [1.165, 1.54) is 0 Å². The molecule has 1 saturated heterocycles. The minimum absolute atomic E-state index is 0.0305. The van der Waals surface area contributed by atoms with Gasteiger partial charge in [-0.25, -0.2) is 12.7 Å². The van der Waals surface area contributed by atoms with Crippen molar-refractivity contribution in [2.75, 3.05) is 25.1 Å². The van der Waals surface area contributed by atoms with Crippen LogP contribution in [0.1, 0.15) is 42.1 Å². The third-order valence-corrected chi connectivity index (χ3v) is 7.14. The van der Waals surface area contributed by atoms with Crippen LogP contribution in [0.15, 0.2) is 23.1 Å². The lowest BCUT2D eigenvalue weighted by atomic mass is 10.0. The minimum atomic E-state index is -3.14. The number of sulfonamides is 1. The first-order chi connectivity index (χ1) is 11.4. The predicted molar refractivity (Wildman–Crippen MR) is 99.1 cm³/mol. The Hall–Kier alpha value is -1.05. The van der Waals surface area contributed by atoms with Crippen molar-refractivity contribution in [1.29, 1.82) is 0 Å². The summed E-state index contributed by atoms with van der Waals surface area (Å²) in [6.45, 7) is 4.77. The minimum Gasteiger partial charge on any atom is -0.349 e. The second-order valence-electron chi connectivity index (χ2n) is 6.14. The van der Waals surface area contributed by atoms with Crippen molar-refractivity contribution < 1.29 is 13.2 Å². The van der Waals surface area contributed by atoms with E-state index in [4.69, 9.17) is 0 Å². The van der Waals surface area contributed by atoms with Crippen LogP contribution < -0.4 is 5.32 Å². The molecule has 0 radical (unpaired) electrons. The number of benzene rings is 1. The summed E-state index contributed by atoms with van der Waals surface area (Å²) in [7, 11) is -3.14. The van der Waals surface area contributed by atoms with Crippen LogP contribution in [-0.2, 0) is 10.0 Å². The van der Waals surface area contributed by atoms with Crippen molar-refractivity contribution in [3.8, 4) is 0 Å². The molecule has 5 nitrogen and oxygen atoms in total. The van der Waals surface area contributed by atoms with Crippen LogP contribution >= 0.6 is 11.8 Å². The average molecular weight is 371 g/mol. The van der Waals surface area contributed by atoms with Crippen LogP contribution in [0.25, 0.3) is 0 Å². The first kappa shape index (κ1) is 19.3. The number of hydrogen-bond donors (Lipinski definition) is 1. The van der Waals surface area contributed by atoms with Crippen molar-refractivity contribution in [2.45, 2.75) is 44.0 Å². The third kappa shape index (κ3) is 4.74. The average Bonchev–Trinajstić information content (AvgIpc) is 2.55. The zero-order chi connectivity index (χ0) is 17.7. The molecule has 7 heteroatoms. The van der Waals surface area contributed by atoms with Crippen molar-refractivity contribution in [3.63, 3.8) is 0 Å². The highest BCUT2D eigenvalue weighted by atomic mass is 32.2. The number of aryl methyl sites for hydroxylation is 1. The Balaban J connectivity index is 1.96. The summed E-state index contributed by atoms with van der Waals surface area (Å²) < 4.78 is 25.7. The summed E-state index contributed by atoms with van der Waals surface area (Å²) in [5.74, 6) is 0.128. The van der Waals surface area contributed by atoms with Crippen LogP contribution in [-0.4, -0.2) is 49.8 Å². The van der Waals surface area contributed by atoms with E-state index in [0.717, 1.165) is 10.5 Å². The third-order valence-electron chi connectivity index (χ3n) is 4.33. The zero-order valence-electron chi connectivity index (χ0n) is 14.5. The lowest BCUT2D eigenvalue weighted by Crippen LogP contribution is -2.47. The van der Waals surface area contributed by atoms with Crippen LogP contribution in [0.3, 0.4) is 0 Å². The Morgan fingerprint density at radius 2 is 2.00 bits per heavy atom. The van der Waals surface area contributed by atoms with E-state index >= 15 is 0 Å². The Morgan fingerprint density at radius 3 is 2.58 bits per heavy atom. The SMILES string of the molecule is CCCS(=O)(=O)N1CCC(NC(=O)c2cc(SC)ccc2C)CC1. The summed E-state index contributed by atoms with van der Waals surface area (Å²) in [6, 6.07) is 5.91. The van der Waals surface area contributed by atoms with E-state index in [1.54, 1.807) is 16.1 Å². The second-order valence-corrected chi connectivity index (χ2v) is 9.11. The first-order valence-electron chi connectivity index (χ1n) is 8.30. The number of piperidine rings is 1. The molecular formula is C17H26N2O3S2. The summed E-state index contributed by atoms with van der Waals surface area (Å²) in [5.41, 5.74) is 1.65. The van der Waals surface area contributed by atoms with Gasteiger partial charge in [0.1, 0.15) is 0 Å².